The van der Waals surface area contributed by atoms with Crippen LogP contribution >= 0.6 is 11.6 Å². The van der Waals surface area contributed by atoms with Gasteiger partial charge in [0.2, 0.25) is 0 Å². The molecular weight excluding hydrogens is 439 g/mol. The minimum Gasteiger partial charge on any atom is -0.507 e. The van der Waals surface area contributed by atoms with E-state index in [-0.39, 0.29) is 34.0 Å². The Balaban J connectivity index is 1.79. The molecule has 2 aromatic carbocycles. The number of rotatable bonds is 5. The van der Waals surface area contributed by atoms with Crippen LogP contribution in [0.2, 0.25) is 5.02 Å². The molecule has 0 aliphatic carbocycles. The van der Waals surface area contributed by atoms with Crippen LogP contribution in [-0.2, 0) is 14.3 Å². The number of ether oxygens (including phenoxy) is 1. The van der Waals surface area contributed by atoms with Crippen LogP contribution in [0.4, 0.5) is 4.39 Å². The number of likely N-dealkylation sites (tertiary alicyclic amines) is 1. The Labute approximate surface area is 189 Å². The van der Waals surface area contributed by atoms with E-state index in [2.05, 4.69) is 4.90 Å². The van der Waals surface area contributed by atoms with Crippen molar-refractivity contribution in [3.63, 3.8) is 0 Å². The molecule has 1 amide bonds. The highest BCUT2D eigenvalue weighted by Gasteiger charge is 2.47. The van der Waals surface area contributed by atoms with Crippen molar-refractivity contribution in [2.24, 2.45) is 0 Å². The first kappa shape index (κ1) is 22.3. The topological polar surface area (TPSA) is 90.3 Å². The molecule has 7 nitrogen and oxygen atoms in total. The number of nitrogens with zero attached hydrogens (tertiary/aromatic N) is 2. The Kier molecular flexibility index (Phi) is 6.45. The average molecular weight is 461 g/mol. The smallest absolute Gasteiger partial charge is 0.295 e. The highest BCUT2D eigenvalue weighted by atomic mass is 35.5. The predicted molar refractivity (Wildman–Crippen MR) is 116 cm³/mol. The monoisotopic (exact) mass is 460 g/mol. The largest absolute Gasteiger partial charge is 0.507 e. The molecule has 0 saturated carbocycles. The zero-order chi connectivity index (χ0) is 22.8. The fourth-order valence-electron chi connectivity index (χ4n) is 4.05. The lowest BCUT2D eigenvalue weighted by atomic mass is 9.94. The maximum Gasteiger partial charge on any atom is 0.295 e. The summed E-state index contributed by atoms with van der Waals surface area (Å²) in [7, 11) is 0. The summed E-state index contributed by atoms with van der Waals surface area (Å²) in [5, 5.41) is 21.4. The summed E-state index contributed by atoms with van der Waals surface area (Å²) in [4.78, 5) is 29.3. The van der Waals surface area contributed by atoms with Crippen LogP contribution in [0.25, 0.3) is 5.76 Å². The number of aliphatic hydroxyl groups excluding tert-OH is 1. The number of carbonyl (C=O) groups is 2. The number of hydrogen-bond donors (Lipinski definition) is 2. The molecule has 2 heterocycles. The lowest BCUT2D eigenvalue weighted by Gasteiger charge is -2.31. The normalized spacial score (nSPS) is 21.3. The van der Waals surface area contributed by atoms with Gasteiger partial charge in [0.15, 0.2) is 0 Å². The van der Waals surface area contributed by atoms with Crippen molar-refractivity contribution in [1.29, 1.82) is 0 Å². The molecule has 32 heavy (non-hydrogen) atoms. The van der Waals surface area contributed by atoms with Crippen LogP contribution in [0.1, 0.15) is 17.2 Å². The van der Waals surface area contributed by atoms with Gasteiger partial charge in [0, 0.05) is 36.8 Å². The summed E-state index contributed by atoms with van der Waals surface area (Å²) in [6.45, 7) is 3.13. The third kappa shape index (κ3) is 4.21. The fourth-order valence-corrected chi connectivity index (χ4v) is 4.22. The highest BCUT2D eigenvalue weighted by molar-refractivity contribution is 6.46. The quantitative estimate of drug-likeness (QED) is 0.405. The SMILES string of the molecule is O=C1C(=O)N(CCN2CCOCC2)C(c2ccccc2F)/C1=C(/O)c1cc(Cl)ccc1O. The number of Topliss-reactive ketones (excluding diaryl/α,β-unsaturated/α-hetero) is 1. The zero-order valence-electron chi connectivity index (χ0n) is 17.1. The summed E-state index contributed by atoms with van der Waals surface area (Å²) >= 11 is 5.99. The first-order valence-corrected chi connectivity index (χ1v) is 10.6. The molecule has 2 aromatic rings. The summed E-state index contributed by atoms with van der Waals surface area (Å²) in [6, 6.07) is 8.63. The van der Waals surface area contributed by atoms with E-state index in [1.54, 1.807) is 6.07 Å². The minimum absolute atomic E-state index is 0.0803. The van der Waals surface area contributed by atoms with Crippen LogP contribution in [-0.4, -0.2) is 71.1 Å². The van der Waals surface area contributed by atoms with Gasteiger partial charge in [-0.25, -0.2) is 4.39 Å². The number of halogens is 2. The predicted octanol–water partition coefficient (Wildman–Crippen LogP) is 2.94. The summed E-state index contributed by atoms with van der Waals surface area (Å²) in [5.74, 6) is -3.33. The summed E-state index contributed by atoms with van der Waals surface area (Å²) < 4.78 is 20.1. The van der Waals surface area contributed by atoms with Crippen molar-refractivity contribution in [3.8, 4) is 5.75 Å². The molecule has 1 atom stereocenters. The van der Waals surface area contributed by atoms with Crippen molar-refractivity contribution < 1.29 is 28.9 Å². The lowest BCUT2D eigenvalue weighted by molar-refractivity contribution is -0.140. The molecule has 0 aromatic heterocycles. The Hall–Kier alpha value is -2.94. The van der Waals surface area contributed by atoms with E-state index >= 15 is 0 Å². The Morgan fingerprint density at radius 2 is 1.84 bits per heavy atom. The Bertz CT molecular complexity index is 1080. The summed E-state index contributed by atoms with van der Waals surface area (Å²) in [5.41, 5.74) is -0.318. The second-order valence-electron chi connectivity index (χ2n) is 7.63. The van der Waals surface area contributed by atoms with Gasteiger partial charge in [0.1, 0.15) is 17.3 Å². The Morgan fingerprint density at radius 3 is 2.56 bits per heavy atom. The van der Waals surface area contributed by atoms with Crippen molar-refractivity contribution in [3.05, 3.63) is 70.0 Å². The average Bonchev–Trinajstić information content (AvgIpc) is 3.04. The lowest BCUT2D eigenvalue weighted by Crippen LogP contribution is -2.42. The number of morpholine rings is 1. The number of benzene rings is 2. The van der Waals surface area contributed by atoms with Crippen molar-refractivity contribution in [1.82, 2.24) is 9.80 Å². The van der Waals surface area contributed by atoms with Gasteiger partial charge in [-0.3, -0.25) is 14.5 Å². The van der Waals surface area contributed by atoms with Crippen molar-refractivity contribution >= 4 is 29.1 Å². The zero-order valence-corrected chi connectivity index (χ0v) is 17.9. The van der Waals surface area contributed by atoms with Crippen LogP contribution < -0.4 is 0 Å². The standard InChI is InChI=1S/C23H22ClFN2O5/c24-14-5-6-18(28)16(13-14)21(29)19-20(15-3-1-2-4-17(15)25)27(23(31)22(19)30)8-7-26-9-11-32-12-10-26/h1-6,13,20,28-29H,7-12H2/b21-19-. The maximum absolute atomic E-state index is 14.8. The van der Waals surface area contributed by atoms with Gasteiger partial charge in [-0.2, -0.15) is 0 Å². The third-order valence-corrected chi connectivity index (χ3v) is 5.95. The number of carbonyl (C=O) groups excluding carboxylic acids is 2. The molecule has 2 saturated heterocycles. The van der Waals surface area contributed by atoms with Gasteiger partial charge in [-0.05, 0) is 24.3 Å². The van der Waals surface area contributed by atoms with Gasteiger partial charge in [-0.15, -0.1) is 0 Å². The molecule has 9 heteroatoms. The van der Waals surface area contributed by atoms with E-state index < -0.39 is 29.3 Å². The number of hydrogen-bond acceptors (Lipinski definition) is 6. The summed E-state index contributed by atoms with van der Waals surface area (Å²) in [6.07, 6.45) is 0. The Morgan fingerprint density at radius 1 is 1.12 bits per heavy atom. The molecule has 2 N–H and O–H groups in total. The highest BCUT2D eigenvalue weighted by Crippen LogP contribution is 2.41. The number of amides is 1. The third-order valence-electron chi connectivity index (χ3n) is 5.71. The fraction of sp³-hybridized carbons (Fsp3) is 0.304. The van der Waals surface area contributed by atoms with Gasteiger partial charge < -0.3 is 19.8 Å². The van der Waals surface area contributed by atoms with E-state index in [0.29, 0.717) is 32.8 Å². The molecule has 0 spiro atoms. The molecule has 2 fully saturated rings. The van der Waals surface area contributed by atoms with Gasteiger partial charge in [-0.1, -0.05) is 29.8 Å². The molecule has 1 unspecified atom stereocenters. The van der Waals surface area contributed by atoms with Crippen LogP contribution in [0, 0.1) is 5.82 Å². The van der Waals surface area contributed by atoms with Crippen LogP contribution in [0.15, 0.2) is 48.0 Å². The second-order valence-corrected chi connectivity index (χ2v) is 8.07. The van der Waals surface area contributed by atoms with E-state index in [1.807, 2.05) is 0 Å². The van der Waals surface area contributed by atoms with Crippen LogP contribution in [0.5, 0.6) is 5.75 Å². The molecular formula is C23H22ClFN2O5. The van der Waals surface area contributed by atoms with Gasteiger partial charge >= 0.3 is 0 Å². The van der Waals surface area contributed by atoms with E-state index in [9.17, 15) is 24.2 Å². The molecule has 0 radical (unpaired) electrons. The molecule has 2 aliphatic rings. The first-order valence-electron chi connectivity index (χ1n) is 10.2. The molecule has 2 aliphatic heterocycles. The van der Waals surface area contributed by atoms with Crippen molar-refractivity contribution in [2.45, 2.75) is 6.04 Å². The van der Waals surface area contributed by atoms with Gasteiger partial charge in [0.05, 0.1) is 30.4 Å². The van der Waals surface area contributed by atoms with E-state index in [0.717, 1.165) is 0 Å². The van der Waals surface area contributed by atoms with Gasteiger partial charge in [0.25, 0.3) is 11.7 Å². The molecule has 4 rings (SSSR count). The molecule has 168 valence electrons. The molecule has 0 bridgehead atoms. The number of phenolic OH excluding ortho intramolecular Hbond substituents is 1. The van der Waals surface area contributed by atoms with Crippen LogP contribution in [0.3, 0.4) is 0 Å². The number of aliphatic hydroxyl groups is 1. The maximum atomic E-state index is 14.8. The minimum atomic E-state index is -1.14. The number of phenols is 1. The number of ketones is 1. The van der Waals surface area contributed by atoms with E-state index in [4.69, 9.17) is 16.3 Å². The van der Waals surface area contributed by atoms with E-state index in [1.165, 1.54) is 41.3 Å². The second kappa shape index (κ2) is 9.28. The van der Waals surface area contributed by atoms with Crippen molar-refractivity contribution in [2.75, 3.05) is 39.4 Å². The number of aromatic hydroxyl groups is 1. The first-order chi connectivity index (χ1) is 15.4.